The molecule has 1 heterocycles. The highest BCUT2D eigenvalue weighted by Gasteiger charge is 2.44. The van der Waals surface area contributed by atoms with Gasteiger partial charge in [-0.2, -0.15) is 0 Å². The largest absolute Gasteiger partial charge is 0.328 e. The van der Waals surface area contributed by atoms with Gasteiger partial charge in [0.25, 0.3) is 0 Å². The van der Waals surface area contributed by atoms with Gasteiger partial charge < -0.3 is 11.1 Å². The van der Waals surface area contributed by atoms with E-state index in [9.17, 15) is 0 Å². The fourth-order valence-electron chi connectivity index (χ4n) is 1.73. The molecule has 2 aliphatic rings. The van der Waals surface area contributed by atoms with Crippen molar-refractivity contribution in [2.24, 2.45) is 5.73 Å². The van der Waals surface area contributed by atoms with Crippen molar-refractivity contribution in [1.82, 2.24) is 5.32 Å². The minimum Gasteiger partial charge on any atom is -0.328 e. The molecule has 0 aromatic heterocycles. The van der Waals surface area contributed by atoms with Gasteiger partial charge in [-0.3, -0.25) is 0 Å². The molecule has 11 heavy (non-hydrogen) atoms. The monoisotopic (exact) mass is 156 g/mol. The van der Waals surface area contributed by atoms with Gasteiger partial charge in [0.2, 0.25) is 0 Å². The molecule has 0 bridgehead atoms. The number of hydrogen-bond donors (Lipinski definition) is 2. The molecule has 2 rings (SSSR count). The lowest BCUT2D eigenvalue weighted by Gasteiger charge is -2.27. The maximum absolute atomic E-state index is 5.81. The first-order valence-electron chi connectivity index (χ1n) is 4.81. The van der Waals surface area contributed by atoms with E-state index in [0.29, 0.717) is 11.6 Å². The van der Waals surface area contributed by atoms with E-state index in [1.54, 1.807) is 0 Å². The predicted molar refractivity (Wildman–Crippen MR) is 48.5 cm³/mol. The van der Waals surface area contributed by atoms with E-state index in [-0.39, 0.29) is 0 Å². The molecule has 1 unspecified atom stereocenters. The highest BCUT2D eigenvalue weighted by Crippen LogP contribution is 2.41. The van der Waals surface area contributed by atoms with E-state index in [2.05, 4.69) is 5.32 Å². The van der Waals surface area contributed by atoms with E-state index >= 15 is 0 Å². The van der Waals surface area contributed by atoms with Crippen LogP contribution < -0.4 is 11.1 Å². The van der Waals surface area contributed by atoms with Crippen LogP contribution in [0.4, 0.5) is 0 Å². The SMILES string of the molecule is CC.NC1CCNC2(CC2)C1. The molecular formula is C9H20N2. The Morgan fingerprint density at radius 2 is 2.00 bits per heavy atom. The summed E-state index contributed by atoms with van der Waals surface area (Å²) < 4.78 is 0. The molecule has 2 nitrogen and oxygen atoms in total. The van der Waals surface area contributed by atoms with Crippen LogP contribution in [0, 0.1) is 0 Å². The highest BCUT2D eigenvalue weighted by atomic mass is 15.0. The van der Waals surface area contributed by atoms with E-state index in [1.165, 1.54) is 25.7 Å². The predicted octanol–water partition coefficient (Wildman–Crippen LogP) is 1.26. The van der Waals surface area contributed by atoms with E-state index in [1.807, 2.05) is 13.8 Å². The molecule has 0 radical (unpaired) electrons. The van der Waals surface area contributed by atoms with Crippen molar-refractivity contribution in [1.29, 1.82) is 0 Å². The Hall–Kier alpha value is -0.0800. The smallest absolute Gasteiger partial charge is 0.0197 e. The van der Waals surface area contributed by atoms with Gasteiger partial charge in [0.05, 0.1) is 0 Å². The van der Waals surface area contributed by atoms with Crippen LogP contribution in [-0.4, -0.2) is 18.1 Å². The summed E-state index contributed by atoms with van der Waals surface area (Å²) >= 11 is 0. The van der Waals surface area contributed by atoms with Crippen LogP contribution in [0.5, 0.6) is 0 Å². The summed E-state index contributed by atoms with van der Waals surface area (Å²) in [6.45, 7) is 5.14. The highest BCUT2D eigenvalue weighted by molar-refractivity contribution is 5.06. The summed E-state index contributed by atoms with van der Waals surface area (Å²) in [5.74, 6) is 0. The van der Waals surface area contributed by atoms with E-state index in [0.717, 1.165) is 6.54 Å². The summed E-state index contributed by atoms with van der Waals surface area (Å²) in [6.07, 6.45) is 5.11. The van der Waals surface area contributed by atoms with Gasteiger partial charge in [0.1, 0.15) is 0 Å². The van der Waals surface area contributed by atoms with Crippen LogP contribution in [-0.2, 0) is 0 Å². The van der Waals surface area contributed by atoms with Gasteiger partial charge in [-0.15, -0.1) is 0 Å². The average molecular weight is 156 g/mol. The molecule has 1 aliphatic heterocycles. The second-order valence-electron chi connectivity index (χ2n) is 3.46. The van der Waals surface area contributed by atoms with Gasteiger partial charge >= 0.3 is 0 Å². The van der Waals surface area contributed by atoms with Crippen molar-refractivity contribution in [3.8, 4) is 0 Å². The molecule has 1 saturated heterocycles. The molecule has 2 heteroatoms. The molecule has 0 amide bonds. The number of hydrogen-bond acceptors (Lipinski definition) is 2. The van der Waals surface area contributed by atoms with Crippen LogP contribution in [0.2, 0.25) is 0 Å². The van der Waals surface area contributed by atoms with Crippen molar-refractivity contribution in [2.75, 3.05) is 6.54 Å². The lowest BCUT2D eigenvalue weighted by Crippen LogP contribution is -2.45. The Kier molecular flexibility index (Phi) is 2.90. The van der Waals surface area contributed by atoms with Crippen LogP contribution in [0.25, 0.3) is 0 Å². The third kappa shape index (κ3) is 2.17. The first-order valence-corrected chi connectivity index (χ1v) is 4.81. The van der Waals surface area contributed by atoms with E-state index in [4.69, 9.17) is 5.73 Å². The zero-order valence-electron chi connectivity index (χ0n) is 7.69. The zero-order valence-corrected chi connectivity index (χ0v) is 7.69. The second-order valence-corrected chi connectivity index (χ2v) is 3.46. The Bertz CT molecular complexity index is 119. The standard InChI is InChI=1S/C7H14N2.C2H6/c8-6-1-4-9-7(5-6)2-3-7;1-2/h6,9H,1-5,8H2;1-2H3. The molecule has 2 fully saturated rings. The first-order chi connectivity index (χ1) is 5.31. The third-order valence-corrected chi connectivity index (χ3v) is 2.52. The molecule has 0 aromatic rings. The van der Waals surface area contributed by atoms with Gasteiger partial charge in [-0.1, -0.05) is 13.8 Å². The first kappa shape index (κ1) is 9.01. The molecule has 1 atom stereocenters. The topological polar surface area (TPSA) is 38.0 Å². The lowest BCUT2D eigenvalue weighted by molar-refractivity contribution is 0.346. The van der Waals surface area contributed by atoms with Crippen molar-refractivity contribution >= 4 is 0 Å². The minimum absolute atomic E-state index is 0.480. The molecule has 66 valence electrons. The average Bonchev–Trinajstić information content (AvgIpc) is 2.73. The second kappa shape index (κ2) is 3.55. The molecule has 1 aliphatic carbocycles. The normalized spacial score (nSPS) is 32.5. The Balaban J connectivity index is 0.000000281. The summed E-state index contributed by atoms with van der Waals surface area (Å²) in [6, 6.07) is 0.480. The van der Waals surface area contributed by atoms with Crippen molar-refractivity contribution in [2.45, 2.75) is 51.1 Å². The van der Waals surface area contributed by atoms with Crippen LogP contribution in [0.3, 0.4) is 0 Å². The molecule has 3 N–H and O–H groups in total. The summed E-state index contributed by atoms with van der Waals surface area (Å²) in [5.41, 5.74) is 6.34. The molecular weight excluding hydrogens is 136 g/mol. The van der Waals surface area contributed by atoms with Gasteiger partial charge in [0.15, 0.2) is 0 Å². The molecule has 1 spiro atoms. The number of piperidine rings is 1. The van der Waals surface area contributed by atoms with Crippen LogP contribution >= 0.6 is 0 Å². The summed E-state index contributed by atoms with van der Waals surface area (Å²) in [4.78, 5) is 0. The maximum Gasteiger partial charge on any atom is 0.0197 e. The fourth-order valence-corrected chi connectivity index (χ4v) is 1.73. The third-order valence-electron chi connectivity index (χ3n) is 2.52. The van der Waals surface area contributed by atoms with Crippen molar-refractivity contribution < 1.29 is 0 Å². The molecule has 1 saturated carbocycles. The zero-order chi connectivity index (χ0) is 8.32. The Morgan fingerprint density at radius 3 is 2.36 bits per heavy atom. The summed E-state index contributed by atoms with van der Waals surface area (Å²) in [7, 11) is 0. The van der Waals surface area contributed by atoms with Crippen molar-refractivity contribution in [3.63, 3.8) is 0 Å². The number of rotatable bonds is 0. The van der Waals surface area contributed by atoms with Gasteiger partial charge in [0, 0.05) is 11.6 Å². The Labute approximate surface area is 69.5 Å². The van der Waals surface area contributed by atoms with E-state index < -0.39 is 0 Å². The minimum atomic E-state index is 0.480. The van der Waals surface area contributed by atoms with Gasteiger partial charge in [-0.05, 0) is 32.2 Å². The number of nitrogens with two attached hydrogens (primary N) is 1. The fraction of sp³-hybridized carbons (Fsp3) is 1.00. The Morgan fingerprint density at radius 1 is 1.36 bits per heavy atom. The maximum atomic E-state index is 5.81. The van der Waals surface area contributed by atoms with Crippen LogP contribution in [0.15, 0.2) is 0 Å². The van der Waals surface area contributed by atoms with Crippen molar-refractivity contribution in [3.05, 3.63) is 0 Å². The lowest BCUT2D eigenvalue weighted by atomic mass is 9.99. The van der Waals surface area contributed by atoms with Gasteiger partial charge in [-0.25, -0.2) is 0 Å². The number of nitrogens with one attached hydrogen (secondary N) is 1. The van der Waals surface area contributed by atoms with Crippen LogP contribution in [0.1, 0.15) is 39.5 Å². The summed E-state index contributed by atoms with van der Waals surface area (Å²) in [5, 5.41) is 3.52. The molecule has 0 aromatic carbocycles. The quantitative estimate of drug-likeness (QED) is 0.554.